The molecule has 1 aromatic rings. The van der Waals surface area contributed by atoms with Crippen LogP contribution in [0, 0.1) is 11.8 Å². The molecule has 0 aromatic heterocycles. The second-order valence-electron chi connectivity index (χ2n) is 5.73. The first-order valence-electron chi connectivity index (χ1n) is 6.90. The number of carbonyl (C=O) groups excluding carboxylic acids is 2. The molecule has 1 aromatic carbocycles. The van der Waals surface area contributed by atoms with Crippen molar-refractivity contribution in [2.24, 2.45) is 11.8 Å². The fourth-order valence-electron chi connectivity index (χ4n) is 3.14. The molecule has 2 unspecified atom stereocenters. The largest absolute Gasteiger partial charge is 0.331 e. The number of amides is 3. The van der Waals surface area contributed by atoms with E-state index in [0.29, 0.717) is 19.6 Å². The molecule has 2 fully saturated rings. The van der Waals surface area contributed by atoms with Gasteiger partial charge in [0.05, 0.1) is 5.92 Å². The van der Waals surface area contributed by atoms with Crippen LogP contribution >= 0.6 is 0 Å². The zero-order chi connectivity index (χ0) is 14.3. The minimum Gasteiger partial charge on any atom is -0.331 e. The molecular formula is C15H19N3O2. The zero-order valence-electron chi connectivity index (χ0n) is 11.8. The molecule has 5 heteroatoms. The number of fused-ring (bicyclic) bond motifs is 1. The molecular weight excluding hydrogens is 254 g/mol. The van der Waals surface area contributed by atoms with Gasteiger partial charge in [-0.15, -0.1) is 0 Å². The molecule has 3 amide bonds. The highest BCUT2D eigenvalue weighted by Gasteiger charge is 2.47. The van der Waals surface area contributed by atoms with E-state index in [2.05, 4.69) is 0 Å². The van der Waals surface area contributed by atoms with Crippen LogP contribution in [0.2, 0.25) is 0 Å². The summed E-state index contributed by atoms with van der Waals surface area (Å²) in [5, 5.41) is 0. The van der Waals surface area contributed by atoms with Crippen LogP contribution < -0.4 is 4.90 Å². The van der Waals surface area contributed by atoms with Gasteiger partial charge in [-0.2, -0.15) is 0 Å². The monoisotopic (exact) mass is 273 g/mol. The maximum absolute atomic E-state index is 12.5. The summed E-state index contributed by atoms with van der Waals surface area (Å²) in [6, 6.07) is 9.75. The summed E-state index contributed by atoms with van der Waals surface area (Å²) < 4.78 is 0. The van der Waals surface area contributed by atoms with E-state index in [-0.39, 0.29) is 23.8 Å². The number of para-hydroxylation sites is 1. The number of rotatable bonds is 1. The van der Waals surface area contributed by atoms with Crippen molar-refractivity contribution in [3.63, 3.8) is 0 Å². The Hall–Kier alpha value is -2.04. The third-order valence-electron chi connectivity index (χ3n) is 4.16. The molecule has 3 rings (SSSR count). The molecule has 5 nitrogen and oxygen atoms in total. The molecule has 0 N–H and O–H groups in total. The quantitative estimate of drug-likeness (QED) is 0.773. The van der Waals surface area contributed by atoms with E-state index in [9.17, 15) is 9.59 Å². The Morgan fingerprint density at radius 3 is 2.45 bits per heavy atom. The Morgan fingerprint density at radius 1 is 1.15 bits per heavy atom. The summed E-state index contributed by atoms with van der Waals surface area (Å²) in [7, 11) is 3.49. The van der Waals surface area contributed by atoms with Crippen LogP contribution in [0.1, 0.15) is 0 Å². The van der Waals surface area contributed by atoms with E-state index in [1.165, 1.54) is 0 Å². The zero-order valence-corrected chi connectivity index (χ0v) is 11.8. The minimum atomic E-state index is -0.0425. The van der Waals surface area contributed by atoms with Gasteiger partial charge in [0.25, 0.3) is 0 Å². The fraction of sp³-hybridized carbons (Fsp3) is 0.467. The maximum atomic E-state index is 12.5. The van der Waals surface area contributed by atoms with Crippen LogP contribution in [0.3, 0.4) is 0 Å². The summed E-state index contributed by atoms with van der Waals surface area (Å²) >= 11 is 0. The summed E-state index contributed by atoms with van der Waals surface area (Å²) in [6.45, 7) is 1.94. The average molecular weight is 273 g/mol. The Kier molecular flexibility index (Phi) is 3.12. The number of benzene rings is 1. The second kappa shape index (κ2) is 4.81. The van der Waals surface area contributed by atoms with Crippen molar-refractivity contribution in [3.05, 3.63) is 30.3 Å². The third-order valence-corrected chi connectivity index (χ3v) is 4.16. The van der Waals surface area contributed by atoms with Gasteiger partial charge in [0.1, 0.15) is 0 Å². The van der Waals surface area contributed by atoms with Crippen molar-refractivity contribution in [2.75, 3.05) is 38.6 Å². The summed E-state index contributed by atoms with van der Waals surface area (Å²) in [5.74, 6) is 0.362. The summed E-state index contributed by atoms with van der Waals surface area (Å²) in [5.41, 5.74) is 0.956. The van der Waals surface area contributed by atoms with Crippen LogP contribution in [-0.4, -0.2) is 55.5 Å². The molecule has 2 aliphatic heterocycles. The lowest BCUT2D eigenvalue weighted by atomic mass is 10.0. The average Bonchev–Trinajstić information content (AvgIpc) is 2.99. The predicted octanol–water partition coefficient (Wildman–Crippen LogP) is 1.26. The maximum Gasteiger partial charge on any atom is 0.319 e. The first-order chi connectivity index (χ1) is 9.58. The van der Waals surface area contributed by atoms with Gasteiger partial charge in [-0.05, 0) is 12.1 Å². The number of anilines is 1. The first-order valence-corrected chi connectivity index (χ1v) is 6.90. The summed E-state index contributed by atoms with van der Waals surface area (Å²) in [4.78, 5) is 29.7. The van der Waals surface area contributed by atoms with Crippen molar-refractivity contribution in [1.29, 1.82) is 0 Å². The van der Waals surface area contributed by atoms with Crippen LogP contribution in [0.5, 0.6) is 0 Å². The lowest BCUT2D eigenvalue weighted by Crippen LogP contribution is -2.40. The van der Waals surface area contributed by atoms with E-state index in [1.807, 2.05) is 35.2 Å². The molecule has 0 saturated carbocycles. The van der Waals surface area contributed by atoms with E-state index < -0.39 is 0 Å². The van der Waals surface area contributed by atoms with Gasteiger partial charge < -0.3 is 14.7 Å². The molecule has 0 spiro atoms. The number of nitrogens with zero attached hydrogens (tertiary/aromatic N) is 3. The van der Waals surface area contributed by atoms with Crippen LogP contribution in [0.4, 0.5) is 10.5 Å². The Morgan fingerprint density at radius 2 is 1.85 bits per heavy atom. The molecule has 106 valence electrons. The molecule has 2 saturated heterocycles. The van der Waals surface area contributed by atoms with E-state index in [1.54, 1.807) is 23.9 Å². The van der Waals surface area contributed by atoms with E-state index in [0.717, 1.165) is 5.69 Å². The van der Waals surface area contributed by atoms with Crippen molar-refractivity contribution >= 4 is 17.6 Å². The Bertz CT molecular complexity index is 529. The minimum absolute atomic E-state index is 0.00142. The lowest BCUT2D eigenvalue weighted by molar-refractivity contribution is -0.120. The van der Waals surface area contributed by atoms with Gasteiger partial charge in [0.2, 0.25) is 5.91 Å². The normalized spacial score (nSPS) is 25.0. The van der Waals surface area contributed by atoms with Gasteiger partial charge in [-0.3, -0.25) is 4.79 Å². The molecule has 2 heterocycles. The first kappa shape index (κ1) is 13.0. The molecule has 0 radical (unpaired) electrons. The summed E-state index contributed by atoms with van der Waals surface area (Å²) in [6.07, 6.45) is 0. The number of hydrogen-bond donors (Lipinski definition) is 0. The van der Waals surface area contributed by atoms with Crippen molar-refractivity contribution < 1.29 is 9.59 Å². The van der Waals surface area contributed by atoms with Crippen LogP contribution in [0.15, 0.2) is 30.3 Å². The van der Waals surface area contributed by atoms with E-state index >= 15 is 0 Å². The topological polar surface area (TPSA) is 43.9 Å². The van der Waals surface area contributed by atoms with Gasteiger partial charge >= 0.3 is 6.03 Å². The highest BCUT2D eigenvalue weighted by Crippen LogP contribution is 2.35. The number of hydrogen-bond acceptors (Lipinski definition) is 2. The molecule has 20 heavy (non-hydrogen) atoms. The highest BCUT2D eigenvalue weighted by molar-refractivity contribution is 5.98. The molecule has 0 bridgehead atoms. The lowest BCUT2D eigenvalue weighted by Gasteiger charge is -2.24. The van der Waals surface area contributed by atoms with Crippen LogP contribution in [0.25, 0.3) is 0 Å². The van der Waals surface area contributed by atoms with Gasteiger partial charge in [0.15, 0.2) is 0 Å². The standard InChI is InChI=1S/C15H19N3O2/c1-16(2)15(20)17-8-11-9-18(14(19)13(11)10-17)12-6-4-3-5-7-12/h3-7,11,13H,8-10H2,1-2H3. The Balaban J connectivity index is 1.73. The smallest absolute Gasteiger partial charge is 0.319 e. The van der Waals surface area contributed by atoms with Gasteiger partial charge in [0, 0.05) is 45.3 Å². The number of urea groups is 1. The SMILES string of the molecule is CN(C)C(=O)N1CC2CN(c3ccccc3)C(=O)C2C1. The van der Waals surface area contributed by atoms with Gasteiger partial charge in [-0.1, -0.05) is 18.2 Å². The Labute approximate surface area is 118 Å². The number of likely N-dealkylation sites (tertiary alicyclic amines) is 1. The second-order valence-corrected chi connectivity index (χ2v) is 5.73. The molecule has 2 atom stereocenters. The third kappa shape index (κ3) is 2.03. The predicted molar refractivity (Wildman–Crippen MR) is 76.4 cm³/mol. The molecule has 0 aliphatic carbocycles. The highest BCUT2D eigenvalue weighted by atomic mass is 16.2. The van der Waals surface area contributed by atoms with E-state index in [4.69, 9.17) is 0 Å². The van der Waals surface area contributed by atoms with Gasteiger partial charge in [-0.25, -0.2) is 4.79 Å². The van der Waals surface area contributed by atoms with Crippen molar-refractivity contribution in [1.82, 2.24) is 9.80 Å². The fourth-order valence-corrected chi connectivity index (χ4v) is 3.14. The van der Waals surface area contributed by atoms with Crippen molar-refractivity contribution in [3.8, 4) is 0 Å². The number of carbonyl (C=O) groups is 2. The molecule has 2 aliphatic rings. The van der Waals surface area contributed by atoms with Crippen molar-refractivity contribution in [2.45, 2.75) is 0 Å². The van der Waals surface area contributed by atoms with Crippen LogP contribution in [-0.2, 0) is 4.79 Å².